The highest BCUT2D eigenvalue weighted by Crippen LogP contribution is 2.19. The molecule has 1 aromatic carbocycles. The predicted octanol–water partition coefficient (Wildman–Crippen LogP) is 2.84. The number of nitrogens with two attached hydrogens (primary N) is 1. The molecule has 0 aliphatic heterocycles. The molecule has 0 amide bonds. The molecule has 0 spiro atoms. The first-order valence-electron chi connectivity index (χ1n) is 5.56. The van der Waals surface area contributed by atoms with Crippen LogP contribution in [0, 0.1) is 13.8 Å². The molecule has 2 rings (SSSR count). The number of aromatic nitrogens is 2. The molecule has 94 valence electrons. The van der Waals surface area contributed by atoms with Crippen molar-refractivity contribution in [2.24, 2.45) is 5.73 Å². The summed E-state index contributed by atoms with van der Waals surface area (Å²) in [4.78, 5) is 0.356. The molecular formula is C13H14ClN3S. The Hall–Kier alpha value is -1.39. The van der Waals surface area contributed by atoms with Crippen molar-refractivity contribution in [3.63, 3.8) is 0 Å². The van der Waals surface area contributed by atoms with Gasteiger partial charge in [0.1, 0.15) is 4.99 Å². The van der Waals surface area contributed by atoms with E-state index >= 15 is 0 Å². The Kier molecular flexibility index (Phi) is 3.68. The van der Waals surface area contributed by atoms with Crippen LogP contribution in [0.25, 0.3) is 0 Å². The van der Waals surface area contributed by atoms with Crippen LogP contribution >= 0.6 is 23.8 Å². The molecule has 0 bridgehead atoms. The largest absolute Gasteiger partial charge is 0.389 e. The number of hydrogen-bond acceptors (Lipinski definition) is 2. The highest BCUT2D eigenvalue weighted by molar-refractivity contribution is 7.80. The molecule has 0 aliphatic rings. The number of rotatable bonds is 3. The van der Waals surface area contributed by atoms with Crippen LogP contribution in [0.1, 0.15) is 22.5 Å². The first kappa shape index (κ1) is 13.1. The molecule has 0 saturated carbocycles. The van der Waals surface area contributed by atoms with Crippen molar-refractivity contribution in [2.75, 3.05) is 0 Å². The van der Waals surface area contributed by atoms with Crippen LogP contribution in [0.3, 0.4) is 0 Å². The number of thiocarbonyl (C=S) groups is 1. The standard InChI is InChI=1S/C13H14ClN3S/c1-8-5-9(2)17(16-8)7-11-4-3-10(13(15)18)6-12(11)14/h3-6H,7H2,1-2H3,(H2,15,18). The van der Waals surface area contributed by atoms with E-state index in [1.54, 1.807) is 6.07 Å². The fourth-order valence-corrected chi connectivity index (χ4v) is 2.19. The van der Waals surface area contributed by atoms with Gasteiger partial charge in [0, 0.05) is 16.3 Å². The van der Waals surface area contributed by atoms with Crippen LogP contribution in [0.4, 0.5) is 0 Å². The van der Waals surface area contributed by atoms with E-state index in [2.05, 4.69) is 5.10 Å². The van der Waals surface area contributed by atoms with Gasteiger partial charge in [-0.25, -0.2) is 0 Å². The minimum absolute atomic E-state index is 0.356. The van der Waals surface area contributed by atoms with Crippen molar-refractivity contribution in [3.05, 3.63) is 51.8 Å². The van der Waals surface area contributed by atoms with E-state index in [1.807, 2.05) is 36.7 Å². The molecule has 0 saturated heterocycles. The van der Waals surface area contributed by atoms with E-state index in [-0.39, 0.29) is 0 Å². The van der Waals surface area contributed by atoms with Gasteiger partial charge in [0.2, 0.25) is 0 Å². The smallest absolute Gasteiger partial charge is 0.104 e. The maximum atomic E-state index is 6.23. The molecule has 1 heterocycles. The molecule has 0 atom stereocenters. The lowest BCUT2D eigenvalue weighted by Crippen LogP contribution is -2.10. The molecule has 5 heteroatoms. The molecule has 2 aromatic rings. The van der Waals surface area contributed by atoms with Gasteiger partial charge in [0.05, 0.1) is 12.2 Å². The quantitative estimate of drug-likeness (QED) is 0.879. The SMILES string of the molecule is Cc1cc(C)n(Cc2ccc(C(N)=S)cc2Cl)n1. The van der Waals surface area contributed by atoms with Crippen LogP contribution in [-0.4, -0.2) is 14.8 Å². The van der Waals surface area contributed by atoms with E-state index < -0.39 is 0 Å². The third-order valence-corrected chi connectivity index (χ3v) is 3.35. The summed E-state index contributed by atoms with van der Waals surface area (Å²) in [5.41, 5.74) is 9.47. The summed E-state index contributed by atoms with van der Waals surface area (Å²) < 4.78 is 1.93. The van der Waals surface area contributed by atoms with Crippen LogP contribution in [-0.2, 0) is 6.54 Å². The van der Waals surface area contributed by atoms with Gasteiger partial charge in [-0.3, -0.25) is 4.68 Å². The summed E-state index contributed by atoms with van der Waals surface area (Å²) in [5.74, 6) is 0. The van der Waals surface area contributed by atoms with Crippen molar-refractivity contribution >= 4 is 28.8 Å². The second-order valence-electron chi connectivity index (χ2n) is 4.26. The van der Waals surface area contributed by atoms with Crippen molar-refractivity contribution in [3.8, 4) is 0 Å². The molecule has 0 aliphatic carbocycles. The minimum atomic E-state index is 0.356. The number of halogens is 1. The molecule has 0 fully saturated rings. The normalized spacial score (nSPS) is 10.6. The van der Waals surface area contributed by atoms with Gasteiger partial charge in [-0.2, -0.15) is 5.10 Å². The molecule has 1 aromatic heterocycles. The second-order valence-corrected chi connectivity index (χ2v) is 5.10. The van der Waals surface area contributed by atoms with E-state index in [1.165, 1.54) is 0 Å². The number of nitrogens with zero attached hydrogens (tertiary/aromatic N) is 2. The van der Waals surface area contributed by atoms with Crippen LogP contribution in [0.2, 0.25) is 5.02 Å². The molecule has 2 N–H and O–H groups in total. The molecule has 3 nitrogen and oxygen atoms in total. The molecular weight excluding hydrogens is 266 g/mol. The zero-order valence-corrected chi connectivity index (χ0v) is 11.8. The van der Waals surface area contributed by atoms with Crippen LogP contribution in [0.15, 0.2) is 24.3 Å². The Morgan fingerprint density at radius 2 is 2.11 bits per heavy atom. The van der Waals surface area contributed by atoms with Crippen LogP contribution < -0.4 is 5.73 Å². The fraction of sp³-hybridized carbons (Fsp3) is 0.231. The Labute approximate surface area is 117 Å². The highest BCUT2D eigenvalue weighted by atomic mass is 35.5. The Morgan fingerprint density at radius 1 is 1.39 bits per heavy atom. The van der Waals surface area contributed by atoms with Gasteiger partial charge in [-0.1, -0.05) is 36.0 Å². The monoisotopic (exact) mass is 279 g/mol. The molecule has 18 heavy (non-hydrogen) atoms. The van der Waals surface area contributed by atoms with E-state index in [4.69, 9.17) is 29.6 Å². The lowest BCUT2D eigenvalue weighted by Gasteiger charge is -2.08. The topological polar surface area (TPSA) is 43.8 Å². The van der Waals surface area contributed by atoms with E-state index in [0.29, 0.717) is 16.6 Å². The van der Waals surface area contributed by atoms with Gasteiger partial charge in [-0.05, 0) is 31.5 Å². The summed E-state index contributed by atoms with van der Waals surface area (Å²) >= 11 is 11.1. The summed E-state index contributed by atoms with van der Waals surface area (Å²) in [6.45, 7) is 4.65. The third-order valence-electron chi connectivity index (χ3n) is 2.76. The van der Waals surface area contributed by atoms with Gasteiger partial charge in [0.15, 0.2) is 0 Å². The summed E-state index contributed by atoms with van der Waals surface area (Å²) in [6, 6.07) is 7.66. The highest BCUT2D eigenvalue weighted by Gasteiger charge is 2.07. The lowest BCUT2D eigenvalue weighted by molar-refractivity contribution is 0.659. The molecule has 0 radical (unpaired) electrons. The average molecular weight is 280 g/mol. The zero-order valence-electron chi connectivity index (χ0n) is 10.3. The lowest BCUT2D eigenvalue weighted by atomic mass is 10.1. The summed E-state index contributed by atoms with van der Waals surface area (Å²) in [6.07, 6.45) is 0. The number of hydrogen-bond donors (Lipinski definition) is 1. The number of aryl methyl sites for hydroxylation is 2. The second kappa shape index (κ2) is 5.08. The maximum absolute atomic E-state index is 6.23. The van der Waals surface area contributed by atoms with Crippen molar-refractivity contribution < 1.29 is 0 Å². The zero-order chi connectivity index (χ0) is 13.3. The van der Waals surface area contributed by atoms with Crippen molar-refractivity contribution in [1.82, 2.24) is 9.78 Å². The Bertz CT molecular complexity index is 604. The van der Waals surface area contributed by atoms with Crippen molar-refractivity contribution in [1.29, 1.82) is 0 Å². The Morgan fingerprint density at radius 3 is 2.61 bits per heavy atom. The predicted molar refractivity (Wildman–Crippen MR) is 78.1 cm³/mol. The van der Waals surface area contributed by atoms with Crippen molar-refractivity contribution in [2.45, 2.75) is 20.4 Å². The van der Waals surface area contributed by atoms with E-state index in [0.717, 1.165) is 22.5 Å². The van der Waals surface area contributed by atoms with Gasteiger partial charge < -0.3 is 5.73 Å². The fourth-order valence-electron chi connectivity index (χ4n) is 1.83. The third kappa shape index (κ3) is 2.71. The summed E-state index contributed by atoms with van der Waals surface area (Å²) in [5, 5.41) is 5.07. The van der Waals surface area contributed by atoms with Gasteiger partial charge in [-0.15, -0.1) is 0 Å². The first-order chi connectivity index (χ1) is 8.47. The van der Waals surface area contributed by atoms with Gasteiger partial charge in [0.25, 0.3) is 0 Å². The number of benzene rings is 1. The minimum Gasteiger partial charge on any atom is -0.389 e. The maximum Gasteiger partial charge on any atom is 0.104 e. The average Bonchev–Trinajstić information content (AvgIpc) is 2.60. The van der Waals surface area contributed by atoms with Crippen LogP contribution in [0.5, 0.6) is 0 Å². The van der Waals surface area contributed by atoms with E-state index in [9.17, 15) is 0 Å². The molecule has 0 unspecified atom stereocenters. The van der Waals surface area contributed by atoms with Gasteiger partial charge >= 0.3 is 0 Å². The first-order valence-corrected chi connectivity index (χ1v) is 6.35. The summed E-state index contributed by atoms with van der Waals surface area (Å²) in [7, 11) is 0. The Balaban J connectivity index is 2.30.